The Morgan fingerprint density at radius 1 is 1.55 bits per heavy atom. The summed E-state index contributed by atoms with van der Waals surface area (Å²) in [5.74, 6) is 0.969. The smallest absolute Gasteiger partial charge is 0.313 e. The molecule has 5 heteroatoms. The molecule has 112 valence electrons. The van der Waals surface area contributed by atoms with Gasteiger partial charge in [0, 0.05) is 18.4 Å². The molecule has 0 saturated heterocycles. The van der Waals surface area contributed by atoms with Gasteiger partial charge in [0.1, 0.15) is 0 Å². The third kappa shape index (κ3) is 4.27. The Kier molecular flexibility index (Phi) is 5.52. The molecule has 1 aromatic rings. The van der Waals surface area contributed by atoms with Crippen LogP contribution in [0.4, 0.5) is 0 Å². The van der Waals surface area contributed by atoms with Gasteiger partial charge in [-0.25, -0.2) is 4.98 Å². The van der Waals surface area contributed by atoms with Crippen molar-refractivity contribution in [1.29, 1.82) is 0 Å². The Morgan fingerprint density at radius 2 is 2.35 bits per heavy atom. The molecule has 2 rings (SSSR count). The van der Waals surface area contributed by atoms with E-state index in [0.717, 1.165) is 29.2 Å². The van der Waals surface area contributed by atoms with E-state index in [1.54, 1.807) is 0 Å². The molecular formula is C15H24N2O2S. The lowest BCUT2D eigenvalue weighted by Crippen LogP contribution is -2.16. The molecule has 0 amide bonds. The first kappa shape index (κ1) is 15.4. The van der Waals surface area contributed by atoms with Gasteiger partial charge >= 0.3 is 5.97 Å². The lowest BCUT2D eigenvalue weighted by Gasteiger charge is -2.27. The molecule has 4 nitrogen and oxygen atoms in total. The van der Waals surface area contributed by atoms with Crippen LogP contribution >= 0.6 is 11.8 Å². The first-order valence-corrected chi connectivity index (χ1v) is 8.41. The Bertz CT molecular complexity index is 459. The number of thioether (sulfide) groups is 1. The number of aromatic nitrogens is 2. The lowest BCUT2D eigenvalue weighted by atomic mass is 9.81. The van der Waals surface area contributed by atoms with Crippen LogP contribution in [0.5, 0.6) is 0 Å². The normalized spacial score (nSPS) is 22.9. The summed E-state index contributed by atoms with van der Waals surface area (Å²) in [6.07, 6.45) is 8.44. The second-order valence-electron chi connectivity index (χ2n) is 5.94. The summed E-state index contributed by atoms with van der Waals surface area (Å²) in [7, 11) is 0. The van der Waals surface area contributed by atoms with E-state index in [0.29, 0.717) is 0 Å². The minimum atomic E-state index is -0.789. The SMILES string of the molecule is Cc1cnc(SCC(=O)O)n1CCC1CCCC(C)C1. The number of hydrogen-bond donors (Lipinski definition) is 1. The van der Waals surface area contributed by atoms with Crippen molar-refractivity contribution in [3.05, 3.63) is 11.9 Å². The zero-order chi connectivity index (χ0) is 14.5. The first-order chi connectivity index (χ1) is 9.56. The number of imidazole rings is 1. The van der Waals surface area contributed by atoms with Crippen LogP contribution in [0.1, 0.15) is 44.7 Å². The van der Waals surface area contributed by atoms with Crippen LogP contribution < -0.4 is 0 Å². The van der Waals surface area contributed by atoms with Gasteiger partial charge in [0.15, 0.2) is 5.16 Å². The first-order valence-electron chi connectivity index (χ1n) is 7.43. The topological polar surface area (TPSA) is 55.1 Å². The number of aryl methyl sites for hydroxylation is 1. The van der Waals surface area contributed by atoms with Gasteiger partial charge in [-0.15, -0.1) is 0 Å². The molecule has 1 heterocycles. The van der Waals surface area contributed by atoms with E-state index in [1.807, 2.05) is 13.1 Å². The van der Waals surface area contributed by atoms with Crippen LogP contribution in [0, 0.1) is 18.8 Å². The molecule has 0 aromatic carbocycles. The van der Waals surface area contributed by atoms with Crippen molar-refractivity contribution in [3.8, 4) is 0 Å². The van der Waals surface area contributed by atoms with Gasteiger partial charge < -0.3 is 9.67 Å². The van der Waals surface area contributed by atoms with Crippen molar-refractivity contribution in [1.82, 2.24) is 9.55 Å². The zero-order valence-electron chi connectivity index (χ0n) is 12.3. The molecule has 1 saturated carbocycles. The summed E-state index contributed by atoms with van der Waals surface area (Å²) in [5, 5.41) is 9.62. The fourth-order valence-electron chi connectivity index (χ4n) is 3.09. The maximum Gasteiger partial charge on any atom is 0.313 e. The van der Waals surface area contributed by atoms with Gasteiger partial charge in [-0.3, -0.25) is 4.79 Å². The van der Waals surface area contributed by atoms with Crippen LogP contribution in [0.25, 0.3) is 0 Å². The summed E-state index contributed by atoms with van der Waals surface area (Å²) in [5.41, 5.74) is 1.13. The molecular weight excluding hydrogens is 272 g/mol. The van der Waals surface area contributed by atoms with E-state index in [4.69, 9.17) is 5.11 Å². The summed E-state index contributed by atoms with van der Waals surface area (Å²) in [6.45, 7) is 5.36. The molecule has 2 unspecified atom stereocenters. The van der Waals surface area contributed by atoms with Crippen molar-refractivity contribution in [2.45, 2.75) is 57.7 Å². The lowest BCUT2D eigenvalue weighted by molar-refractivity contribution is -0.133. The fraction of sp³-hybridized carbons (Fsp3) is 0.733. The van der Waals surface area contributed by atoms with E-state index < -0.39 is 5.97 Å². The van der Waals surface area contributed by atoms with E-state index >= 15 is 0 Å². The van der Waals surface area contributed by atoms with Gasteiger partial charge in [-0.05, 0) is 31.6 Å². The number of carboxylic acids is 1. The summed E-state index contributed by atoms with van der Waals surface area (Å²) in [4.78, 5) is 15.0. The average molecular weight is 296 g/mol. The number of carboxylic acid groups (broad SMARTS) is 1. The van der Waals surface area contributed by atoms with Crippen molar-refractivity contribution in [2.75, 3.05) is 5.75 Å². The molecule has 1 fully saturated rings. The molecule has 0 radical (unpaired) electrons. The van der Waals surface area contributed by atoms with Gasteiger partial charge in [-0.1, -0.05) is 37.9 Å². The number of rotatable bonds is 6. The number of aliphatic carboxylic acids is 1. The molecule has 0 aliphatic heterocycles. The third-order valence-corrected chi connectivity index (χ3v) is 5.12. The highest BCUT2D eigenvalue weighted by Gasteiger charge is 2.19. The minimum Gasteiger partial charge on any atom is -0.481 e. The Morgan fingerprint density at radius 3 is 3.05 bits per heavy atom. The number of nitrogens with zero attached hydrogens (tertiary/aromatic N) is 2. The maximum absolute atomic E-state index is 10.7. The van der Waals surface area contributed by atoms with Gasteiger partial charge in [-0.2, -0.15) is 0 Å². The molecule has 1 aliphatic carbocycles. The molecule has 2 atom stereocenters. The highest BCUT2D eigenvalue weighted by molar-refractivity contribution is 7.99. The van der Waals surface area contributed by atoms with Gasteiger partial charge in [0.25, 0.3) is 0 Å². The molecule has 20 heavy (non-hydrogen) atoms. The molecule has 0 spiro atoms. The Labute approximate surface area is 125 Å². The van der Waals surface area contributed by atoms with Crippen LogP contribution in [0.3, 0.4) is 0 Å². The fourth-order valence-corrected chi connectivity index (χ4v) is 3.86. The van der Waals surface area contributed by atoms with E-state index in [2.05, 4.69) is 16.5 Å². The predicted octanol–water partition coefficient (Wildman–Crippen LogP) is 3.58. The summed E-state index contributed by atoms with van der Waals surface area (Å²) in [6, 6.07) is 0. The average Bonchev–Trinajstić information content (AvgIpc) is 2.75. The third-order valence-electron chi connectivity index (χ3n) is 4.15. The zero-order valence-corrected chi connectivity index (χ0v) is 13.2. The maximum atomic E-state index is 10.7. The number of hydrogen-bond acceptors (Lipinski definition) is 3. The monoisotopic (exact) mass is 296 g/mol. The van der Waals surface area contributed by atoms with E-state index in [-0.39, 0.29) is 5.75 Å². The van der Waals surface area contributed by atoms with E-state index in [9.17, 15) is 4.79 Å². The molecule has 1 aromatic heterocycles. The highest BCUT2D eigenvalue weighted by Crippen LogP contribution is 2.31. The van der Waals surface area contributed by atoms with Crippen molar-refractivity contribution < 1.29 is 9.90 Å². The number of carbonyl (C=O) groups is 1. The highest BCUT2D eigenvalue weighted by atomic mass is 32.2. The van der Waals surface area contributed by atoms with Gasteiger partial charge in [0.05, 0.1) is 5.75 Å². The van der Waals surface area contributed by atoms with Crippen LogP contribution in [-0.4, -0.2) is 26.4 Å². The second kappa shape index (κ2) is 7.16. The summed E-state index contributed by atoms with van der Waals surface area (Å²) < 4.78 is 2.17. The standard InChI is InChI=1S/C15H24N2O2S/c1-11-4-3-5-13(8-11)6-7-17-12(2)9-16-15(17)20-10-14(18)19/h9,11,13H,3-8,10H2,1-2H3,(H,18,19). The van der Waals surface area contributed by atoms with E-state index in [1.165, 1.54) is 43.9 Å². The largest absolute Gasteiger partial charge is 0.481 e. The Balaban J connectivity index is 1.91. The quantitative estimate of drug-likeness (QED) is 0.815. The summed E-state index contributed by atoms with van der Waals surface area (Å²) >= 11 is 1.32. The molecule has 1 N–H and O–H groups in total. The minimum absolute atomic E-state index is 0.0803. The second-order valence-corrected chi connectivity index (χ2v) is 6.89. The van der Waals surface area contributed by atoms with Crippen molar-refractivity contribution in [2.24, 2.45) is 11.8 Å². The Hall–Kier alpha value is -0.970. The van der Waals surface area contributed by atoms with Crippen molar-refractivity contribution >= 4 is 17.7 Å². The van der Waals surface area contributed by atoms with Crippen molar-refractivity contribution in [3.63, 3.8) is 0 Å². The van der Waals surface area contributed by atoms with Gasteiger partial charge in [0.2, 0.25) is 0 Å². The van der Waals surface area contributed by atoms with Crippen LogP contribution in [-0.2, 0) is 11.3 Å². The van der Waals surface area contributed by atoms with Crippen LogP contribution in [0.15, 0.2) is 11.4 Å². The molecule has 0 bridgehead atoms. The van der Waals surface area contributed by atoms with Crippen LogP contribution in [0.2, 0.25) is 0 Å². The molecule has 1 aliphatic rings. The predicted molar refractivity (Wildman–Crippen MR) is 81.1 cm³/mol.